The maximum absolute atomic E-state index is 12.7. The van der Waals surface area contributed by atoms with Gasteiger partial charge in [-0.1, -0.05) is 0 Å². The zero-order chi connectivity index (χ0) is 15.7. The number of carbonyl (C=O) groups is 1. The van der Waals surface area contributed by atoms with Crippen LogP contribution in [0.25, 0.3) is 0 Å². The van der Waals surface area contributed by atoms with E-state index in [2.05, 4.69) is 4.74 Å². The molecule has 0 saturated heterocycles. The van der Waals surface area contributed by atoms with Crippen LogP contribution < -0.4 is 10.5 Å². The molecule has 0 saturated carbocycles. The van der Waals surface area contributed by atoms with Gasteiger partial charge in [0, 0.05) is 5.69 Å². The first-order valence-corrected chi connectivity index (χ1v) is 5.16. The number of anilines is 1. The number of carboxylic acids is 1. The second-order valence-corrected chi connectivity index (χ2v) is 4.00. The number of alkyl halides is 5. The Balaban J connectivity index is 2.98. The number of hydrogen-bond donors (Lipinski definition) is 2. The molecular formula is C11H10F5NO3. The lowest BCUT2D eigenvalue weighted by atomic mass is 10.1. The summed E-state index contributed by atoms with van der Waals surface area (Å²) in [4.78, 5) is 10.8. The normalized spacial score (nSPS) is 12.3. The van der Waals surface area contributed by atoms with Crippen LogP contribution in [0.2, 0.25) is 0 Å². The molecule has 0 aliphatic carbocycles. The highest BCUT2D eigenvalue weighted by Gasteiger charge is 2.58. The van der Waals surface area contributed by atoms with Crippen molar-refractivity contribution in [1.82, 2.24) is 0 Å². The van der Waals surface area contributed by atoms with E-state index in [0.717, 1.165) is 12.1 Å². The number of nitrogens with two attached hydrogens (primary N) is 1. The van der Waals surface area contributed by atoms with Crippen molar-refractivity contribution in [2.24, 2.45) is 0 Å². The Morgan fingerprint density at radius 1 is 1.30 bits per heavy atom. The largest absolute Gasteiger partial charge is 0.487 e. The molecular weight excluding hydrogens is 289 g/mol. The molecule has 1 rings (SSSR count). The summed E-state index contributed by atoms with van der Waals surface area (Å²) < 4.78 is 65.5. The zero-order valence-electron chi connectivity index (χ0n) is 10.1. The Hall–Kier alpha value is -2.06. The van der Waals surface area contributed by atoms with Crippen molar-refractivity contribution in [2.45, 2.75) is 19.0 Å². The molecule has 0 unspecified atom stereocenters. The van der Waals surface area contributed by atoms with E-state index < -0.39 is 36.0 Å². The van der Waals surface area contributed by atoms with Gasteiger partial charge in [-0.3, -0.25) is 0 Å². The molecule has 112 valence electrons. The van der Waals surface area contributed by atoms with Crippen molar-refractivity contribution >= 4 is 11.7 Å². The molecule has 1 aromatic rings. The topological polar surface area (TPSA) is 72.5 Å². The van der Waals surface area contributed by atoms with Crippen LogP contribution in [-0.2, 0) is 0 Å². The molecule has 1 aromatic carbocycles. The minimum absolute atomic E-state index is 0.118. The van der Waals surface area contributed by atoms with Gasteiger partial charge in [-0.15, -0.1) is 0 Å². The fourth-order valence-electron chi connectivity index (χ4n) is 1.28. The number of rotatable bonds is 4. The minimum atomic E-state index is -5.74. The summed E-state index contributed by atoms with van der Waals surface area (Å²) in [6.45, 7) is -0.574. The molecule has 0 aliphatic rings. The first kappa shape index (κ1) is 16.0. The number of nitrogen functional groups attached to an aromatic ring is 1. The number of benzene rings is 1. The van der Waals surface area contributed by atoms with Crippen LogP contribution in [0.5, 0.6) is 5.75 Å². The summed E-state index contributed by atoms with van der Waals surface area (Å²) in [6.07, 6.45) is -5.74. The third kappa shape index (κ3) is 3.28. The quantitative estimate of drug-likeness (QED) is 0.662. The second-order valence-electron chi connectivity index (χ2n) is 4.00. The minimum Gasteiger partial charge on any atom is -0.487 e. The molecule has 3 N–H and O–H groups in total. The van der Waals surface area contributed by atoms with E-state index >= 15 is 0 Å². The van der Waals surface area contributed by atoms with Crippen molar-refractivity contribution in [1.29, 1.82) is 0 Å². The Kier molecular flexibility index (Phi) is 4.11. The molecule has 0 radical (unpaired) electrons. The van der Waals surface area contributed by atoms with E-state index in [0.29, 0.717) is 0 Å². The number of carboxylic acid groups (broad SMARTS) is 1. The number of aryl methyl sites for hydroxylation is 1. The van der Waals surface area contributed by atoms with Crippen LogP contribution in [0.15, 0.2) is 12.1 Å². The molecule has 0 bridgehead atoms. The molecule has 0 aliphatic heterocycles. The van der Waals surface area contributed by atoms with Crippen molar-refractivity contribution in [3.8, 4) is 5.75 Å². The van der Waals surface area contributed by atoms with Crippen molar-refractivity contribution < 1.29 is 36.6 Å². The number of aromatic carboxylic acids is 1. The van der Waals surface area contributed by atoms with Crippen LogP contribution in [0.1, 0.15) is 15.9 Å². The fourth-order valence-corrected chi connectivity index (χ4v) is 1.28. The van der Waals surface area contributed by atoms with Crippen LogP contribution in [0, 0.1) is 6.92 Å². The highest BCUT2D eigenvalue weighted by atomic mass is 19.4. The van der Waals surface area contributed by atoms with Crippen LogP contribution in [-0.4, -0.2) is 29.8 Å². The predicted molar refractivity (Wildman–Crippen MR) is 59.0 cm³/mol. The van der Waals surface area contributed by atoms with Crippen molar-refractivity contribution in [2.75, 3.05) is 12.3 Å². The SMILES string of the molecule is Cc1cc(OCC(F)(F)C(F)(F)F)cc(C(=O)O)c1N. The predicted octanol–water partition coefficient (Wildman–Crippen LogP) is 2.85. The first-order chi connectivity index (χ1) is 8.95. The van der Waals surface area contributed by atoms with E-state index in [1.165, 1.54) is 6.92 Å². The van der Waals surface area contributed by atoms with Crippen LogP contribution in [0.4, 0.5) is 27.6 Å². The average molecular weight is 299 g/mol. The summed E-state index contributed by atoms with van der Waals surface area (Å²) in [5, 5.41) is 8.81. The zero-order valence-corrected chi connectivity index (χ0v) is 10.1. The first-order valence-electron chi connectivity index (χ1n) is 5.16. The van der Waals surface area contributed by atoms with Gasteiger partial charge in [0.1, 0.15) is 5.75 Å². The molecule has 0 heterocycles. The Labute approximate surface area is 109 Å². The lowest BCUT2D eigenvalue weighted by molar-refractivity contribution is -0.290. The van der Waals surface area contributed by atoms with Gasteiger partial charge in [0.2, 0.25) is 0 Å². The average Bonchev–Trinajstić information content (AvgIpc) is 2.28. The summed E-state index contributed by atoms with van der Waals surface area (Å²) >= 11 is 0. The Bertz CT molecular complexity index is 528. The summed E-state index contributed by atoms with van der Waals surface area (Å²) in [5.74, 6) is -6.91. The standard InChI is InChI=1S/C11H10F5NO3/c1-5-2-6(3-7(8(5)17)9(18)19)20-4-10(12,13)11(14,15)16/h2-3H,4,17H2,1H3,(H,18,19). The summed E-state index contributed by atoms with van der Waals surface area (Å²) in [7, 11) is 0. The van der Waals surface area contributed by atoms with Gasteiger partial charge in [-0.05, 0) is 24.6 Å². The third-order valence-electron chi connectivity index (χ3n) is 2.43. The monoisotopic (exact) mass is 299 g/mol. The van der Waals surface area contributed by atoms with E-state index in [-0.39, 0.29) is 11.3 Å². The van der Waals surface area contributed by atoms with Gasteiger partial charge in [0.05, 0.1) is 5.56 Å². The maximum Gasteiger partial charge on any atom is 0.456 e. The van der Waals surface area contributed by atoms with Crippen LogP contribution >= 0.6 is 0 Å². The van der Waals surface area contributed by atoms with Gasteiger partial charge in [-0.2, -0.15) is 22.0 Å². The van der Waals surface area contributed by atoms with Gasteiger partial charge in [0.15, 0.2) is 6.61 Å². The molecule has 9 heteroatoms. The van der Waals surface area contributed by atoms with Crippen LogP contribution in [0.3, 0.4) is 0 Å². The molecule has 0 atom stereocenters. The molecule has 0 spiro atoms. The summed E-state index contributed by atoms with van der Waals surface area (Å²) in [5.41, 5.74) is 5.08. The number of ether oxygens (including phenoxy) is 1. The maximum atomic E-state index is 12.7. The van der Waals surface area contributed by atoms with E-state index in [1.54, 1.807) is 0 Å². The van der Waals surface area contributed by atoms with Gasteiger partial charge < -0.3 is 15.6 Å². The third-order valence-corrected chi connectivity index (χ3v) is 2.43. The smallest absolute Gasteiger partial charge is 0.456 e. The van der Waals surface area contributed by atoms with Crippen molar-refractivity contribution in [3.63, 3.8) is 0 Å². The highest BCUT2D eigenvalue weighted by Crippen LogP contribution is 2.36. The fraction of sp³-hybridized carbons (Fsp3) is 0.364. The number of hydrogen-bond acceptors (Lipinski definition) is 3. The Morgan fingerprint density at radius 3 is 2.30 bits per heavy atom. The number of halogens is 5. The van der Waals surface area contributed by atoms with Gasteiger partial charge in [0.25, 0.3) is 0 Å². The second kappa shape index (κ2) is 5.14. The molecule has 0 amide bonds. The Morgan fingerprint density at radius 2 is 1.85 bits per heavy atom. The molecule has 0 aromatic heterocycles. The highest BCUT2D eigenvalue weighted by molar-refractivity contribution is 5.95. The van der Waals surface area contributed by atoms with E-state index in [4.69, 9.17) is 10.8 Å². The molecule has 20 heavy (non-hydrogen) atoms. The van der Waals surface area contributed by atoms with Gasteiger partial charge >= 0.3 is 18.1 Å². The van der Waals surface area contributed by atoms with E-state index in [9.17, 15) is 26.7 Å². The lowest BCUT2D eigenvalue weighted by Gasteiger charge is -2.20. The van der Waals surface area contributed by atoms with E-state index in [1.807, 2.05) is 0 Å². The summed E-state index contributed by atoms with van der Waals surface area (Å²) in [6, 6.07) is 1.87. The van der Waals surface area contributed by atoms with Crippen molar-refractivity contribution in [3.05, 3.63) is 23.3 Å². The van der Waals surface area contributed by atoms with Gasteiger partial charge in [-0.25, -0.2) is 4.79 Å². The molecule has 0 fully saturated rings. The lowest BCUT2D eigenvalue weighted by Crippen LogP contribution is -2.41. The molecule has 4 nitrogen and oxygen atoms in total.